The van der Waals surface area contributed by atoms with E-state index in [0.29, 0.717) is 38.5 Å². The van der Waals surface area contributed by atoms with Crippen LogP contribution in [0, 0.1) is 11.7 Å². The Hall–Kier alpha value is -2.90. The fourth-order valence-corrected chi connectivity index (χ4v) is 9.04. The van der Waals surface area contributed by atoms with Crippen LogP contribution in [-0.4, -0.2) is 117 Å². The fraction of sp³-hybridized carbons (Fsp3) is 0.758. The van der Waals surface area contributed by atoms with E-state index >= 15 is 4.39 Å². The van der Waals surface area contributed by atoms with Gasteiger partial charge in [0, 0.05) is 44.7 Å². The molecule has 2 bridgehead atoms. The first kappa shape index (κ1) is 31.7. The van der Waals surface area contributed by atoms with Crippen molar-refractivity contribution in [2.45, 2.75) is 107 Å². The highest BCUT2D eigenvalue weighted by Crippen LogP contribution is 2.38. The topological polar surface area (TPSA) is 124 Å². The van der Waals surface area contributed by atoms with E-state index < -0.39 is 35.5 Å². The van der Waals surface area contributed by atoms with Crippen molar-refractivity contribution in [3.05, 3.63) is 23.8 Å². The second-order valence-corrected chi connectivity index (χ2v) is 14.4. The summed E-state index contributed by atoms with van der Waals surface area (Å²) in [5.74, 6) is -0.947. The largest absolute Gasteiger partial charge is 0.381 e. The van der Waals surface area contributed by atoms with E-state index in [9.17, 15) is 14.0 Å². The molecule has 46 heavy (non-hydrogen) atoms. The van der Waals surface area contributed by atoms with Gasteiger partial charge < -0.3 is 21.3 Å². The number of fused-ring (bicyclic) bond motifs is 3. The third-order valence-corrected chi connectivity index (χ3v) is 11.6. The Bertz CT molecular complexity index is 1400. The molecular formula is C33H49F2N9O2. The van der Waals surface area contributed by atoms with Gasteiger partial charge in [-0.3, -0.25) is 19.4 Å². The molecule has 2 amide bonds. The Morgan fingerprint density at radius 1 is 0.978 bits per heavy atom. The second kappa shape index (κ2) is 13.3. The molecule has 1 spiro atoms. The first-order valence-corrected chi connectivity index (χ1v) is 17.6. The fourth-order valence-electron chi connectivity index (χ4n) is 9.04. The van der Waals surface area contributed by atoms with Crippen molar-refractivity contribution in [2.24, 2.45) is 5.92 Å². The predicted molar refractivity (Wildman–Crippen MR) is 170 cm³/mol. The maximum atomic E-state index is 17.4. The SMILES string of the molecule is Nc1nn2cc(F)cnc2c1C(=O)NC1CNC2(CCCCCCCCC2)C(F)C1N1CCC(C(=O)N2CCN3CC[C@H]2C3)CC1. The summed E-state index contributed by atoms with van der Waals surface area (Å²) in [6, 6.07) is -0.780. The number of alkyl halides is 1. The molecule has 252 valence electrons. The van der Waals surface area contributed by atoms with Crippen LogP contribution in [0.1, 0.15) is 87.4 Å². The smallest absolute Gasteiger partial charge is 0.259 e. The first-order chi connectivity index (χ1) is 22.3. The van der Waals surface area contributed by atoms with Gasteiger partial charge in [-0.1, -0.05) is 44.9 Å². The van der Waals surface area contributed by atoms with Crippen molar-refractivity contribution in [1.29, 1.82) is 0 Å². The molecule has 4 unspecified atom stereocenters. The summed E-state index contributed by atoms with van der Waals surface area (Å²) >= 11 is 0. The van der Waals surface area contributed by atoms with Crippen molar-refractivity contribution in [3.8, 4) is 0 Å². The summed E-state index contributed by atoms with van der Waals surface area (Å²) in [5, 5.41) is 10.8. The van der Waals surface area contributed by atoms with Crippen LogP contribution in [0.25, 0.3) is 5.65 Å². The van der Waals surface area contributed by atoms with E-state index in [2.05, 4.69) is 35.4 Å². The predicted octanol–water partition coefficient (Wildman–Crippen LogP) is 2.75. The molecule has 6 heterocycles. The molecule has 5 aliphatic rings. The Morgan fingerprint density at radius 3 is 2.43 bits per heavy atom. The summed E-state index contributed by atoms with van der Waals surface area (Å²) in [6.07, 6.45) is 12.7. The van der Waals surface area contributed by atoms with Crippen LogP contribution in [0.15, 0.2) is 12.4 Å². The standard InChI is InChI=1S/C33H49F2N9O2/c34-23-18-37-30-26(29(36)40-44(30)20-23)31(45)39-25-19-38-33(11-6-4-2-1-3-5-7-12-33)28(35)27(25)42-14-8-22(9-15-42)32(46)43-17-16-41-13-10-24(43)21-41/h18,20,22,24-25,27-28,38H,1-17,19,21H2,(H2,36,40)(H,39,45)/t24-,25?,27?,28?/m0/s1. The number of amides is 2. The number of piperidine rings is 2. The average molecular weight is 642 g/mol. The van der Waals surface area contributed by atoms with Gasteiger partial charge in [-0.05, 0) is 45.2 Å². The number of rotatable bonds is 4. The maximum Gasteiger partial charge on any atom is 0.259 e. The lowest BCUT2D eigenvalue weighted by molar-refractivity contribution is -0.141. The number of carbonyl (C=O) groups is 2. The molecule has 4 N–H and O–H groups in total. The second-order valence-electron chi connectivity index (χ2n) is 14.4. The van der Waals surface area contributed by atoms with Gasteiger partial charge in [-0.15, -0.1) is 5.10 Å². The Balaban J connectivity index is 1.11. The van der Waals surface area contributed by atoms with Crippen LogP contribution in [-0.2, 0) is 4.79 Å². The van der Waals surface area contributed by atoms with Gasteiger partial charge in [0.25, 0.3) is 5.91 Å². The van der Waals surface area contributed by atoms with E-state index in [1.165, 1.54) is 19.3 Å². The molecule has 0 radical (unpaired) electrons. The highest BCUT2D eigenvalue weighted by molar-refractivity contribution is 6.04. The number of nitrogens with zero attached hydrogens (tertiary/aromatic N) is 6. The normalized spacial score (nSPS) is 31.3. The van der Waals surface area contributed by atoms with Gasteiger partial charge in [-0.25, -0.2) is 18.3 Å². The molecular weight excluding hydrogens is 592 g/mol. The number of aromatic nitrogens is 3. The molecule has 2 aromatic heterocycles. The number of likely N-dealkylation sites (tertiary alicyclic amines) is 1. The lowest BCUT2D eigenvalue weighted by Crippen LogP contribution is -2.73. The third-order valence-electron chi connectivity index (χ3n) is 11.6. The molecule has 13 heteroatoms. The first-order valence-electron chi connectivity index (χ1n) is 17.6. The molecule has 0 aromatic carbocycles. The molecule has 4 aliphatic heterocycles. The number of hydrogen-bond acceptors (Lipinski definition) is 8. The highest BCUT2D eigenvalue weighted by atomic mass is 19.1. The molecule has 2 aromatic rings. The number of nitrogens with one attached hydrogen (secondary N) is 2. The van der Waals surface area contributed by atoms with Crippen molar-refractivity contribution >= 4 is 23.3 Å². The summed E-state index contributed by atoms with van der Waals surface area (Å²) in [4.78, 5) is 38.2. The minimum absolute atomic E-state index is 0.0520. The van der Waals surface area contributed by atoms with Crippen LogP contribution < -0.4 is 16.4 Å². The Kier molecular flexibility index (Phi) is 9.17. The number of nitrogens with two attached hydrogens (primary N) is 1. The monoisotopic (exact) mass is 641 g/mol. The lowest BCUT2D eigenvalue weighted by atomic mass is 9.73. The van der Waals surface area contributed by atoms with Gasteiger partial charge in [0.1, 0.15) is 11.7 Å². The van der Waals surface area contributed by atoms with E-state index in [1.54, 1.807) is 0 Å². The molecule has 7 rings (SSSR count). The summed E-state index contributed by atoms with van der Waals surface area (Å²) in [6.45, 7) is 5.43. The van der Waals surface area contributed by atoms with Crippen molar-refractivity contribution < 1.29 is 18.4 Å². The zero-order valence-corrected chi connectivity index (χ0v) is 26.8. The number of carbonyl (C=O) groups excluding carboxylic acids is 2. The van der Waals surface area contributed by atoms with Crippen molar-refractivity contribution in [2.75, 3.05) is 51.5 Å². The molecule has 5 atom stereocenters. The Morgan fingerprint density at radius 2 is 1.70 bits per heavy atom. The van der Waals surface area contributed by atoms with Gasteiger partial charge >= 0.3 is 0 Å². The van der Waals surface area contributed by atoms with Crippen LogP contribution in [0.2, 0.25) is 0 Å². The van der Waals surface area contributed by atoms with E-state index in [1.807, 2.05) is 0 Å². The zero-order chi connectivity index (χ0) is 31.8. The van der Waals surface area contributed by atoms with E-state index in [-0.39, 0.29) is 28.9 Å². The number of piperazine rings is 1. The zero-order valence-electron chi connectivity index (χ0n) is 26.8. The van der Waals surface area contributed by atoms with Gasteiger partial charge in [0.15, 0.2) is 17.3 Å². The molecule has 1 aliphatic carbocycles. The molecule has 1 saturated carbocycles. The van der Waals surface area contributed by atoms with Gasteiger partial charge in [0.05, 0.1) is 30.0 Å². The lowest BCUT2D eigenvalue weighted by Gasteiger charge is -2.53. The van der Waals surface area contributed by atoms with Crippen molar-refractivity contribution in [3.63, 3.8) is 0 Å². The van der Waals surface area contributed by atoms with E-state index in [4.69, 9.17) is 5.73 Å². The molecule has 11 nitrogen and oxygen atoms in total. The number of anilines is 1. The number of halogens is 2. The van der Waals surface area contributed by atoms with Gasteiger partial charge in [0.2, 0.25) is 5.91 Å². The molecule has 4 saturated heterocycles. The number of nitrogen functional groups attached to an aromatic ring is 1. The van der Waals surface area contributed by atoms with Crippen LogP contribution >= 0.6 is 0 Å². The van der Waals surface area contributed by atoms with Crippen molar-refractivity contribution in [1.82, 2.24) is 39.9 Å². The number of hydrogen-bond donors (Lipinski definition) is 3. The minimum Gasteiger partial charge on any atom is -0.381 e. The quantitative estimate of drug-likeness (QED) is 0.466. The summed E-state index contributed by atoms with van der Waals surface area (Å²) < 4.78 is 32.3. The molecule has 5 fully saturated rings. The Labute approximate surface area is 269 Å². The summed E-state index contributed by atoms with van der Waals surface area (Å²) in [5.41, 5.74) is 5.68. The third kappa shape index (κ3) is 6.10. The summed E-state index contributed by atoms with van der Waals surface area (Å²) in [7, 11) is 0. The van der Waals surface area contributed by atoms with Gasteiger partial charge in [-0.2, -0.15) is 0 Å². The van der Waals surface area contributed by atoms with Crippen LogP contribution in [0.5, 0.6) is 0 Å². The van der Waals surface area contributed by atoms with E-state index in [0.717, 1.165) is 88.0 Å². The highest BCUT2D eigenvalue weighted by Gasteiger charge is 2.52. The minimum atomic E-state index is -1.21. The maximum absolute atomic E-state index is 17.4. The van der Waals surface area contributed by atoms with Crippen LogP contribution in [0.3, 0.4) is 0 Å². The average Bonchev–Trinajstić information content (AvgIpc) is 3.59. The van der Waals surface area contributed by atoms with Crippen LogP contribution in [0.4, 0.5) is 14.6 Å².